The first-order valence-corrected chi connectivity index (χ1v) is 8.14. The molecule has 1 aromatic heterocycles. The van der Waals surface area contributed by atoms with E-state index in [1.807, 2.05) is 6.07 Å². The van der Waals surface area contributed by atoms with E-state index < -0.39 is 0 Å². The molecule has 2 atom stereocenters. The van der Waals surface area contributed by atoms with Crippen LogP contribution in [-0.2, 0) is 17.8 Å². The fraction of sp³-hybridized carbons (Fsp3) is 0.500. The Kier molecular flexibility index (Phi) is 4.26. The van der Waals surface area contributed by atoms with Crippen molar-refractivity contribution in [3.05, 3.63) is 34.5 Å². The first kappa shape index (κ1) is 14.9. The fourth-order valence-electron chi connectivity index (χ4n) is 3.21. The van der Waals surface area contributed by atoms with Crippen LogP contribution in [0.15, 0.2) is 18.2 Å². The standard InChI is InChI=1S/C16H21FN2OS/c1-10-13(6-7-20-10)19(2)9-11-15(8-18)21-14-5-3-4-12(17)16(11)14/h3-5,10,13H,6-9,18H2,1-2H3. The molecule has 1 aromatic carbocycles. The summed E-state index contributed by atoms with van der Waals surface area (Å²) in [6, 6.07) is 5.64. The van der Waals surface area contributed by atoms with E-state index in [-0.39, 0.29) is 11.9 Å². The third kappa shape index (κ3) is 2.71. The van der Waals surface area contributed by atoms with Gasteiger partial charge in [-0.05, 0) is 38.1 Å². The number of nitrogens with zero attached hydrogens (tertiary/aromatic N) is 1. The van der Waals surface area contributed by atoms with Crippen molar-refractivity contribution in [2.75, 3.05) is 13.7 Å². The van der Waals surface area contributed by atoms with E-state index in [0.29, 0.717) is 19.1 Å². The van der Waals surface area contributed by atoms with Gasteiger partial charge in [0, 0.05) is 40.7 Å². The van der Waals surface area contributed by atoms with E-state index in [0.717, 1.165) is 33.6 Å². The van der Waals surface area contributed by atoms with Gasteiger partial charge in [0.2, 0.25) is 0 Å². The molecule has 2 unspecified atom stereocenters. The first-order valence-electron chi connectivity index (χ1n) is 7.32. The minimum Gasteiger partial charge on any atom is -0.377 e. The van der Waals surface area contributed by atoms with E-state index in [1.165, 1.54) is 6.07 Å². The molecule has 1 fully saturated rings. The van der Waals surface area contributed by atoms with Crippen LogP contribution in [0.4, 0.5) is 4.39 Å². The highest BCUT2D eigenvalue weighted by Crippen LogP contribution is 2.34. The number of halogens is 1. The quantitative estimate of drug-likeness (QED) is 0.943. The Morgan fingerprint density at radius 1 is 1.48 bits per heavy atom. The van der Waals surface area contributed by atoms with E-state index in [4.69, 9.17) is 10.5 Å². The molecular formula is C16H21FN2OS. The van der Waals surface area contributed by atoms with Gasteiger partial charge in [-0.3, -0.25) is 4.90 Å². The molecule has 2 aromatic rings. The Bertz CT molecular complexity index is 642. The van der Waals surface area contributed by atoms with Crippen molar-refractivity contribution in [3.63, 3.8) is 0 Å². The van der Waals surface area contributed by atoms with Crippen LogP contribution >= 0.6 is 11.3 Å². The van der Waals surface area contributed by atoms with Crippen molar-refractivity contribution in [2.45, 2.75) is 38.6 Å². The van der Waals surface area contributed by atoms with Crippen LogP contribution in [0, 0.1) is 5.82 Å². The molecule has 2 N–H and O–H groups in total. The third-order valence-electron chi connectivity index (χ3n) is 4.34. The topological polar surface area (TPSA) is 38.5 Å². The molecule has 3 nitrogen and oxygen atoms in total. The summed E-state index contributed by atoms with van der Waals surface area (Å²) in [4.78, 5) is 3.35. The van der Waals surface area contributed by atoms with Crippen LogP contribution in [0.25, 0.3) is 10.1 Å². The van der Waals surface area contributed by atoms with Gasteiger partial charge < -0.3 is 10.5 Å². The van der Waals surface area contributed by atoms with Gasteiger partial charge in [-0.15, -0.1) is 11.3 Å². The van der Waals surface area contributed by atoms with Gasteiger partial charge in [-0.1, -0.05) is 6.07 Å². The second kappa shape index (κ2) is 6.01. The number of nitrogens with two attached hydrogens (primary N) is 1. The largest absolute Gasteiger partial charge is 0.377 e. The van der Waals surface area contributed by atoms with E-state index >= 15 is 0 Å². The van der Waals surface area contributed by atoms with Crippen LogP contribution < -0.4 is 5.73 Å². The molecule has 3 rings (SSSR count). The van der Waals surface area contributed by atoms with Crippen molar-refractivity contribution >= 4 is 21.4 Å². The second-order valence-corrected chi connectivity index (χ2v) is 6.80. The molecule has 0 aliphatic carbocycles. The predicted molar refractivity (Wildman–Crippen MR) is 85.0 cm³/mol. The van der Waals surface area contributed by atoms with Crippen LogP contribution in [0.3, 0.4) is 0 Å². The van der Waals surface area contributed by atoms with Gasteiger partial charge in [-0.2, -0.15) is 0 Å². The maximum atomic E-state index is 14.2. The Balaban J connectivity index is 1.95. The molecule has 21 heavy (non-hydrogen) atoms. The molecule has 2 heterocycles. The van der Waals surface area contributed by atoms with Gasteiger partial charge >= 0.3 is 0 Å². The Morgan fingerprint density at radius 2 is 2.29 bits per heavy atom. The van der Waals surface area contributed by atoms with Crippen LogP contribution in [-0.4, -0.2) is 30.7 Å². The molecule has 0 radical (unpaired) electrons. The lowest BCUT2D eigenvalue weighted by Gasteiger charge is -2.26. The van der Waals surface area contributed by atoms with Crippen LogP contribution in [0.5, 0.6) is 0 Å². The number of thiophene rings is 1. The molecule has 5 heteroatoms. The number of hydrogen-bond acceptors (Lipinski definition) is 4. The highest BCUT2D eigenvalue weighted by atomic mass is 32.1. The summed E-state index contributed by atoms with van der Waals surface area (Å²) in [7, 11) is 2.08. The summed E-state index contributed by atoms with van der Waals surface area (Å²) in [5.74, 6) is -0.150. The van der Waals surface area contributed by atoms with Crippen LogP contribution in [0.2, 0.25) is 0 Å². The molecule has 1 saturated heterocycles. The minimum atomic E-state index is -0.150. The van der Waals surface area contributed by atoms with Gasteiger partial charge in [0.1, 0.15) is 5.82 Å². The van der Waals surface area contributed by atoms with E-state index in [9.17, 15) is 4.39 Å². The molecular weight excluding hydrogens is 287 g/mol. The van der Waals surface area contributed by atoms with Gasteiger partial charge in [0.15, 0.2) is 0 Å². The van der Waals surface area contributed by atoms with Gasteiger partial charge in [0.25, 0.3) is 0 Å². The molecule has 0 spiro atoms. The number of hydrogen-bond donors (Lipinski definition) is 1. The zero-order valence-electron chi connectivity index (χ0n) is 12.4. The summed E-state index contributed by atoms with van der Waals surface area (Å²) in [6.07, 6.45) is 1.26. The lowest BCUT2D eigenvalue weighted by Crippen LogP contribution is -2.36. The molecule has 0 saturated carbocycles. The summed E-state index contributed by atoms with van der Waals surface area (Å²) in [6.45, 7) is 4.08. The summed E-state index contributed by atoms with van der Waals surface area (Å²) >= 11 is 1.60. The third-order valence-corrected chi connectivity index (χ3v) is 5.56. The average Bonchev–Trinajstić information content (AvgIpc) is 3.03. The van der Waals surface area contributed by atoms with Crippen molar-refractivity contribution in [3.8, 4) is 0 Å². The van der Waals surface area contributed by atoms with Crippen LogP contribution in [0.1, 0.15) is 23.8 Å². The highest BCUT2D eigenvalue weighted by Gasteiger charge is 2.29. The van der Waals surface area contributed by atoms with E-state index in [1.54, 1.807) is 17.4 Å². The highest BCUT2D eigenvalue weighted by molar-refractivity contribution is 7.19. The monoisotopic (exact) mass is 308 g/mol. The summed E-state index contributed by atoms with van der Waals surface area (Å²) in [5.41, 5.74) is 6.90. The number of ether oxygens (including phenoxy) is 1. The maximum Gasteiger partial charge on any atom is 0.132 e. The fourth-order valence-corrected chi connectivity index (χ4v) is 4.32. The second-order valence-electron chi connectivity index (χ2n) is 5.67. The van der Waals surface area contributed by atoms with Crippen molar-refractivity contribution in [2.24, 2.45) is 5.73 Å². The summed E-state index contributed by atoms with van der Waals surface area (Å²) < 4.78 is 20.8. The lowest BCUT2D eigenvalue weighted by molar-refractivity contribution is 0.0815. The molecule has 1 aliphatic heterocycles. The van der Waals surface area contributed by atoms with Gasteiger partial charge in [0.05, 0.1) is 6.10 Å². The summed E-state index contributed by atoms with van der Waals surface area (Å²) in [5, 5.41) is 0.737. The van der Waals surface area contributed by atoms with Crippen molar-refractivity contribution in [1.82, 2.24) is 4.90 Å². The Hall–Kier alpha value is -1.01. The zero-order valence-corrected chi connectivity index (χ0v) is 13.3. The number of rotatable bonds is 4. The number of benzene rings is 1. The molecule has 0 amide bonds. The molecule has 1 aliphatic rings. The Labute approximate surface area is 128 Å². The normalized spacial score (nSPS) is 22.5. The predicted octanol–water partition coefficient (Wildman–Crippen LogP) is 3.11. The van der Waals surface area contributed by atoms with Crippen molar-refractivity contribution in [1.29, 1.82) is 0 Å². The van der Waals surface area contributed by atoms with Crippen molar-refractivity contribution < 1.29 is 9.13 Å². The number of fused-ring (bicyclic) bond motifs is 1. The Morgan fingerprint density at radius 3 is 2.95 bits per heavy atom. The molecule has 0 bridgehead atoms. The maximum absolute atomic E-state index is 14.2. The SMILES string of the molecule is CC1OCCC1N(C)Cc1c(CN)sc2cccc(F)c12. The van der Waals surface area contributed by atoms with E-state index in [2.05, 4.69) is 18.9 Å². The smallest absolute Gasteiger partial charge is 0.132 e. The first-order chi connectivity index (χ1) is 10.1. The lowest BCUT2D eigenvalue weighted by atomic mass is 10.1. The minimum absolute atomic E-state index is 0.150. The average molecular weight is 308 g/mol. The molecule has 114 valence electrons. The number of likely N-dealkylation sites (N-methyl/N-ethyl adjacent to an activating group) is 1. The van der Waals surface area contributed by atoms with Gasteiger partial charge in [-0.25, -0.2) is 4.39 Å². The zero-order chi connectivity index (χ0) is 15.0.